The number of H-pyrrole nitrogens is 1. The molecule has 0 spiro atoms. The Morgan fingerprint density at radius 3 is 2.70 bits per heavy atom. The molecule has 30 heavy (non-hydrogen) atoms. The van der Waals surface area contributed by atoms with Gasteiger partial charge in [-0.15, -0.1) is 16.4 Å². The van der Waals surface area contributed by atoms with E-state index in [9.17, 15) is 9.59 Å². The number of anilines is 1. The van der Waals surface area contributed by atoms with Gasteiger partial charge in [0.1, 0.15) is 5.69 Å². The molecule has 4 rings (SSSR count). The van der Waals surface area contributed by atoms with Gasteiger partial charge in [0.2, 0.25) is 11.1 Å². The second-order valence-corrected chi connectivity index (χ2v) is 8.89. The molecule has 8 nitrogen and oxygen atoms in total. The van der Waals surface area contributed by atoms with Crippen LogP contribution in [0.3, 0.4) is 0 Å². The van der Waals surface area contributed by atoms with E-state index in [1.54, 1.807) is 36.9 Å². The van der Waals surface area contributed by atoms with Crippen molar-refractivity contribution in [2.75, 3.05) is 5.32 Å². The third kappa shape index (κ3) is 3.83. The van der Waals surface area contributed by atoms with E-state index in [0.717, 1.165) is 10.6 Å². The SMILES string of the molecule is Cc1c(NC(=O)[C@H](C)Sc2n[nH]c(-c3cccs3)n2)c(=O)n(-c2ccccc2)n1C. The van der Waals surface area contributed by atoms with Crippen LogP contribution < -0.4 is 10.9 Å². The number of rotatable bonds is 6. The fourth-order valence-electron chi connectivity index (χ4n) is 2.97. The molecule has 3 aromatic heterocycles. The van der Waals surface area contributed by atoms with Crippen molar-refractivity contribution in [1.29, 1.82) is 0 Å². The average molecular weight is 441 g/mol. The first-order valence-corrected chi connectivity index (χ1v) is 11.0. The summed E-state index contributed by atoms with van der Waals surface area (Å²) >= 11 is 2.79. The summed E-state index contributed by atoms with van der Waals surface area (Å²) in [7, 11) is 1.79. The number of carbonyl (C=O) groups excluding carboxylic acids is 1. The molecule has 2 N–H and O–H groups in total. The van der Waals surface area contributed by atoms with Crippen LogP contribution in [0, 0.1) is 6.92 Å². The second-order valence-electron chi connectivity index (χ2n) is 6.63. The quantitative estimate of drug-likeness (QED) is 0.448. The second kappa shape index (κ2) is 8.33. The van der Waals surface area contributed by atoms with Crippen molar-refractivity contribution in [2.24, 2.45) is 7.05 Å². The molecule has 0 aliphatic heterocycles. The molecule has 0 radical (unpaired) electrons. The molecule has 0 aliphatic rings. The number of hydrogen-bond acceptors (Lipinski definition) is 6. The summed E-state index contributed by atoms with van der Waals surface area (Å²) in [6.45, 7) is 3.56. The molecule has 1 atom stereocenters. The summed E-state index contributed by atoms with van der Waals surface area (Å²) < 4.78 is 3.26. The van der Waals surface area contributed by atoms with Crippen molar-refractivity contribution in [3.63, 3.8) is 0 Å². The molecule has 0 bridgehead atoms. The van der Waals surface area contributed by atoms with Crippen molar-refractivity contribution in [3.05, 3.63) is 63.9 Å². The minimum absolute atomic E-state index is 0.271. The van der Waals surface area contributed by atoms with Crippen molar-refractivity contribution in [3.8, 4) is 16.4 Å². The number of nitrogens with one attached hydrogen (secondary N) is 2. The largest absolute Gasteiger partial charge is 0.319 e. The number of nitrogens with zero attached hydrogens (tertiary/aromatic N) is 4. The number of hydrogen-bond donors (Lipinski definition) is 2. The lowest BCUT2D eigenvalue weighted by Gasteiger charge is -2.09. The van der Waals surface area contributed by atoms with Crippen LogP contribution in [0.2, 0.25) is 0 Å². The Kier molecular flexibility index (Phi) is 5.60. The summed E-state index contributed by atoms with van der Waals surface area (Å²) in [5.74, 6) is 0.387. The first kappa shape index (κ1) is 20.2. The van der Waals surface area contributed by atoms with Gasteiger partial charge in [-0.1, -0.05) is 36.0 Å². The van der Waals surface area contributed by atoms with Crippen molar-refractivity contribution in [1.82, 2.24) is 24.5 Å². The highest BCUT2D eigenvalue weighted by Gasteiger charge is 2.22. The van der Waals surface area contributed by atoms with Crippen molar-refractivity contribution >= 4 is 34.7 Å². The van der Waals surface area contributed by atoms with Crippen LogP contribution >= 0.6 is 23.1 Å². The van der Waals surface area contributed by atoms with E-state index in [4.69, 9.17) is 0 Å². The lowest BCUT2D eigenvalue weighted by atomic mass is 10.3. The molecule has 0 unspecified atom stereocenters. The standard InChI is InChI=1S/C20H20N6O2S2/c1-12-16(19(28)26(25(12)3)14-8-5-4-6-9-14)21-18(27)13(2)30-20-22-17(23-24-20)15-10-7-11-29-15/h4-11,13H,1-3H3,(H,21,27)(H,22,23,24)/t13-/m0/s1. The summed E-state index contributed by atoms with van der Waals surface area (Å²) in [4.78, 5) is 31.1. The molecular formula is C20H20N6O2S2. The van der Waals surface area contributed by atoms with E-state index in [0.29, 0.717) is 16.7 Å². The lowest BCUT2D eigenvalue weighted by molar-refractivity contribution is -0.115. The van der Waals surface area contributed by atoms with Gasteiger partial charge in [-0.05, 0) is 37.4 Å². The van der Waals surface area contributed by atoms with Gasteiger partial charge in [0.25, 0.3) is 5.56 Å². The van der Waals surface area contributed by atoms with Gasteiger partial charge >= 0.3 is 0 Å². The van der Waals surface area contributed by atoms with Crippen LogP contribution in [0.15, 0.2) is 57.8 Å². The number of thioether (sulfide) groups is 1. The molecule has 10 heteroatoms. The van der Waals surface area contributed by atoms with Crippen molar-refractivity contribution in [2.45, 2.75) is 24.3 Å². The van der Waals surface area contributed by atoms with Gasteiger partial charge < -0.3 is 5.32 Å². The third-order valence-electron chi connectivity index (χ3n) is 4.67. The number of benzene rings is 1. The van der Waals surface area contributed by atoms with Gasteiger partial charge in [0.05, 0.1) is 21.5 Å². The molecule has 1 amide bonds. The van der Waals surface area contributed by atoms with E-state index in [1.165, 1.54) is 16.4 Å². The highest BCUT2D eigenvalue weighted by molar-refractivity contribution is 8.00. The van der Waals surface area contributed by atoms with Gasteiger partial charge in [-0.3, -0.25) is 19.4 Å². The molecule has 154 valence electrons. The first-order valence-electron chi connectivity index (χ1n) is 9.23. The number of thiophene rings is 1. The zero-order valence-electron chi connectivity index (χ0n) is 16.6. The molecule has 0 aliphatic carbocycles. The van der Waals surface area contributed by atoms with Gasteiger partial charge in [0, 0.05) is 7.05 Å². The van der Waals surface area contributed by atoms with E-state index in [2.05, 4.69) is 20.5 Å². The molecular weight excluding hydrogens is 420 g/mol. The Labute approximate surface area is 180 Å². The maximum absolute atomic E-state index is 13.0. The fourth-order valence-corrected chi connectivity index (χ4v) is 4.36. The number of aromatic amines is 1. The van der Waals surface area contributed by atoms with E-state index in [1.807, 2.05) is 47.8 Å². The van der Waals surface area contributed by atoms with E-state index >= 15 is 0 Å². The van der Waals surface area contributed by atoms with Crippen LogP contribution in [0.1, 0.15) is 12.6 Å². The summed E-state index contributed by atoms with van der Waals surface area (Å²) in [5.41, 5.74) is 1.41. The minimum Gasteiger partial charge on any atom is -0.319 e. The maximum Gasteiger partial charge on any atom is 0.295 e. The number of carbonyl (C=O) groups is 1. The Hall–Kier alpha value is -3.11. The van der Waals surface area contributed by atoms with Crippen LogP contribution in [0.25, 0.3) is 16.4 Å². The van der Waals surface area contributed by atoms with Crippen molar-refractivity contribution < 1.29 is 4.79 Å². The summed E-state index contributed by atoms with van der Waals surface area (Å²) in [5, 5.41) is 11.8. The topological polar surface area (TPSA) is 97.6 Å². The predicted octanol–water partition coefficient (Wildman–Crippen LogP) is 3.45. The lowest BCUT2D eigenvalue weighted by Crippen LogP contribution is -2.27. The Bertz CT molecular complexity index is 1220. The first-order chi connectivity index (χ1) is 14.5. The summed E-state index contributed by atoms with van der Waals surface area (Å²) in [6.07, 6.45) is 0. The van der Waals surface area contributed by atoms with E-state index < -0.39 is 5.25 Å². The molecule has 1 aromatic carbocycles. The Morgan fingerprint density at radius 2 is 2.00 bits per heavy atom. The highest BCUT2D eigenvalue weighted by atomic mass is 32.2. The van der Waals surface area contributed by atoms with E-state index in [-0.39, 0.29) is 17.2 Å². The van der Waals surface area contributed by atoms with Gasteiger partial charge in [-0.25, -0.2) is 9.67 Å². The monoisotopic (exact) mass is 440 g/mol. The van der Waals surface area contributed by atoms with Crippen LogP contribution in [-0.4, -0.2) is 35.7 Å². The van der Waals surface area contributed by atoms with Crippen LogP contribution in [0.5, 0.6) is 0 Å². The normalized spacial score (nSPS) is 12.1. The highest BCUT2D eigenvalue weighted by Crippen LogP contribution is 2.26. The zero-order chi connectivity index (χ0) is 21.3. The molecule has 4 aromatic rings. The Morgan fingerprint density at radius 1 is 1.23 bits per heavy atom. The zero-order valence-corrected chi connectivity index (χ0v) is 18.3. The smallest absolute Gasteiger partial charge is 0.295 e. The molecule has 0 saturated carbocycles. The molecule has 0 saturated heterocycles. The van der Waals surface area contributed by atoms with Crippen LogP contribution in [-0.2, 0) is 11.8 Å². The van der Waals surface area contributed by atoms with Gasteiger partial charge in [-0.2, -0.15) is 0 Å². The van der Waals surface area contributed by atoms with Gasteiger partial charge in [0.15, 0.2) is 5.82 Å². The molecule has 0 fully saturated rings. The summed E-state index contributed by atoms with van der Waals surface area (Å²) in [6, 6.07) is 13.2. The van der Waals surface area contributed by atoms with Crippen LogP contribution in [0.4, 0.5) is 5.69 Å². The number of para-hydroxylation sites is 1. The Balaban J connectivity index is 1.51. The fraction of sp³-hybridized carbons (Fsp3) is 0.200. The predicted molar refractivity (Wildman–Crippen MR) is 119 cm³/mol. The number of amides is 1. The average Bonchev–Trinajstić information content (AvgIpc) is 3.47. The molecule has 3 heterocycles. The number of aromatic nitrogens is 5. The third-order valence-corrected chi connectivity index (χ3v) is 6.51. The minimum atomic E-state index is -0.485. The maximum atomic E-state index is 13.0.